The van der Waals surface area contributed by atoms with Crippen molar-refractivity contribution in [1.82, 2.24) is 9.97 Å². The van der Waals surface area contributed by atoms with Crippen LogP contribution in [-0.4, -0.2) is 16.5 Å². The number of anilines is 1. The Hall–Kier alpha value is -2.10. The van der Waals surface area contributed by atoms with E-state index in [0.717, 1.165) is 40.3 Å². The summed E-state index contributed by atoms with van der Waals surface area (Å²) in [6.07, 6.45) is 5.58. The van der Waals surface area contributed by atoms with Crippen molar-refractivity contribution in [3.05, 3.63) is 30.6 Å². The minimum Gasteiger partial charge on any atom is -0.450 e. The summed E-state index contributed by atoms with van der Waals surface area (Å²) in [5.74, 6) is 1.72. The van der Waals surface area contributed by atoms with E-state index in [2.05, 4.69) is 15.3 Å². The molecule has 0 radical (unpaired) electrons. The van der Waals surface area contributed by atoms with Gasteiger partial charge in [0.15, 0.2) is 11.4 Å². The molecular formula is C15H15N3O. The molecule has 0 bridgehead atoms. The lowest BCUT2D eigenvalue weighted by Gasteiger charge is -2.04. The molecule has 0 saturated heterocycles. The molecule has 1 aliphatic carbocycles. The predicted molar refractivity (Wildman–Crippen MR) is 75.1 cm³/mol. The van der Waals surface area contributed by atoms with Crippen LogP contribution in [0.1, 0.15) is 19.3 Å². The van der Waals surface area contributed by atoms with Crippen molar-refractivity contribution in [2.45, 2.75) is 19.3 Å². The zero-order valence-corrected chi connectivity index (χ0v) is 10.6. The lowest BCUT2D eigenvalue weighted by atomic mass is 10.2. The van der Waals surface area contributed by atoms with Crippen molar-refractivity contribution in [2.24, 2.45) is 5.92 Å². The number of aromatic nitrogens is 2. The summed E-state index contributed by atoms with van der Waals surface area (Å²) in [6, 6.07) is 7.96. The van der Waals surface area contributed by atoms with Crippen LogP contribution in [0.2, 0.25) is 0 Å². The average Bonchev–Trinajstić information content (AvgIpc) is 3.18. The van der Waals surface area contributed by atoms with Gasteiger partial charge in [0.25, 0.3) is 0 Å². The lowest BCUT2D eigenvalue weighted by molar-refractivity contribution is 0.665. The molecule has 2 aromatic heterocycles. The fourth-order valence-corrected chi connectivity index (χ4v) is 2.45. The quantitative estimate of drug-likeness (QED) is 0.772. The van der Waals surface area contributed by atoms with Gasteiger partial charge in [-0.2, -0.15) is 0 Å². The first-order valence-electron chi connectivity index (χ1n) is 6.78. The molecule has 0 unspecified atom stereocenters. The highest BCUT2D eigenvalue weighted by molar-refractivity contribution is 6.05. The Kier molecular flexibility index (Phi) is 2.40. The van der Waals surface area contributed by atoms with Gasteiger partial charge in [0.05, 0.1) is 0 Å². The maximum atomic E-state index is 5.87. The van der Waals surface area contributed by atoms with E-state index in [0.29, 0.717) is 0 Å². The molecule has 96 valence electrons. The third-order valence-corrected chi connectivity index (χ3v) is 3.70. The van der Waals surface area contributed by atoms with Crippen molar-refractivity contribution in [1.29, 1.82) is 0 Å². The van der Waals surface area contributed by atoms with E-state index in [-0.39, 0.29) is 0 Å². The van der Waals surface area contributed by atoms with Gasteiger partial charge in [0.2, 0.25) is 0 Å². The summed E-state index contributed by atoms with van der Waals surface area (Å²) in [6.45, 7) is 0.952. The number of benzene rings is 1. The molecule has 1 fully saturated rings. The fourth-order valence-electron chi connectivity index (χ4n) is 2.45. The molecular weight excluding hydrogens is 238 g/mol. The van der Waals surface area contributed by atoms with Crippen LogP contribution in [0.4, 0.5) is 5.82 Å². The normalized spacial score (nSPS) is 15.2. The number of furan rings is 1. The van der Waals surface area contributed by atoms with Crippen LogP contribution in [0.15, 0.2) is 35.0 Å². The van der Waals surface area contributed by atoms with E-state index in [1.54, 1.807) is 6.33 Å². The Morgan fingerprint density at radius 3 is 3.00 bits per heavy atom. The Morgan fingerprint density at radius 2 is 2.11 bits per heavy atom. The first kappa shape index (κ1) is 10.8. The van der Waals surface area contributed by atoms with E-state index in [1.165, 1.54) is 19.3 Å². The van der Waals surface area contributed by atoms with Crippen LogP contribution < -0.4 is 5.32 Å². The summed E-state index contributed by atoms with van der Waals surface area (Å²) < 4.78 is 5.87. The topological polar surface area (TPSA) is 51.0 Å². The summed E-state index contributed by atoms with van der Waals surface area (Å²) in [5.41, 5.74) is 2.52. The molecule has 1 aliphatic rings. The number of hydrogen-bond acceptors (Lipinski definition) is 4. The first-order valence-corrected chi connectivity index (χ1v) is 6.78. The molecule has 0 amide bonds. The fraction of sp³-hybridized carbons (Fsp3) is 0.333. The number of para-hydroxylation sites is 1. The van der Waals surface area contributed by atoms with E-state index < -0.39 is 0 Å². The number of rotatable bonds is 4. The minimum atomic E-state index is 0.763. The highest BCUT2D eigenvalue weighted by Gasteiger charge is 2.20. The second kappa shape index (κ2) is 4.23. The van der Waals surface area contributed by atoms with Gasteiger partial charge in [0.1, 0.15) is 17.4 Å². The summed E-state index contributed by atoms with van der Waals surface area (Å²) >= 11 is 0. The second-order valence-corrected chi connectivity index (χ2v) is 5.16. The summed E-state index contributed by atoms with van der Waals surface area (Å²) in [5, 5.41) is 4.42. The van der Waals surface area contributed by atoms with Gasteiger partial charge in [-0.05, 0) is 24.5 Å². The minimum absolute atomic E-state index is 0.763. The standard InChI is InChI=1S/C15H15N3O/c1-2-4-12-11(3-1)13-14(19-12)15(18-9-17-13)16-8-7-10-5-6-10/h1-4,9-10H,5-8H2,(H,16,17,18). The smallest absolute Gasteiger partial charge is 0.196 e. The molecule has 4 rings (SSSR count). The highest BCUT2D eigenvalue weighted by Crippen LogP contribution is 2.33. The zero-order chi connectivity index (χ0) is 12.7. The van der Waals surface area contributed by atoms with Crippen LogP contribution in [0.5, 0.6) is 0 Å². The molecule has 19 heavy (non-hydrogen) atoms. The van der Waals surface area contributed by atoms with Crippen molar-refractivity contribution < 1.29 is 4.42 Å². The number of hydrogen-bond donors (Lipinski definition) is 1. The number of fused-ring (bicyclic) bond motifs is 3. The van der Waals surface area contributed by atoms with E-state index in [4.69, 9.17) is 4.42 Å². The highest BCUT2D eigenvalue weighted by atomic mass is 16.3. The number of nitrogens with one attached hydrogen (secondary N) is 1. The Morgan fingerprint density at radius 1 is 1.21 bits per heavy atom. The van der Waals surface area contributed by atoms with Crippen LogP contribution >= 0.6 is 0 Å². The van der Waals surface area contributed by atoms with Gasteiger partial charge in [-0.1, -0.05) is 25.0 Å². The zero-order valence-electron chi connectivity index (χ0n) is 10.6. The van der Waals surface area contributed by atoms with Crippen LogP contribution in [0.25, 0.3) is 22.1 Å². The molecule has 3 aromatic rings. The molecule has 4 nitrogen and oxygen atoms in total. The predicted octanol–water partition coefficient (Wildman–Crippen LogP) is 3.59. The van der Waals surface area contributed by atoms with Crippen LogP contribution in [0, 0.1) is 5.92 Å². The van der Waals surface area contributed by atoms with E-state index >= 15 is 0 Å². The third-order valence-electron chi connectivity index (χ3n) is 3.70. The van der Waals surface area contributed by atoms with E-state index in [1.807, 2.05) is 24.3 Å². The molecule has 0 atom stereocenters. The Balaban J connectivity index is 1.72. The number of nitrogens with zero attached hydrogens (tertiary/aromatic N) is 2. The van der Waals surface area contributed by atoms with Gasteiger partial charge >= 0.3 is 0 Å². The second-order valence-electron chi connectivity index (χ2n) is 5.16. The summed E-state index contributed by atoms with van der Waals surface area (Å²) in [4.78, 5) is 8.64. The van der Waals surface area contributed by atoms with Gasteiger partial charge in [-0.15, -0.1) is 0 Å². The molecule has 1 aromatic carbocycles. The first-order chi connectivity index (χ1) is 9.42. The van der Waals surface area contributed by atoms with E-state index in [9.17, 15) is 0 Å². The SMILES string of the molecule is c1ccc2c(c1)oc1c(NCCC3CC3)ncnc12. The molecule has 1 saturated carbocycles. The van der Waals surface area contributed by atoms with Gasteiger partial charge in [-0.25, -0.2) is 9.97 Å². The van der Waals surface area contributed by atoms with Crippen LogP contribution in [0.3, 0.4) is 0 Å². The third kappa shape index (κ3) is 1.93. The summed E-state index contributed by atoms with van der Waals surface area (Å²) in [7, 11) is 0. The lowest BCUT2D eigenvalue weighted by Crippen LogP contribution is -2.04. The van der Waals surface area contributed by atoms with Gasteiger partial charge in [0, 0.05) is 11.9 Å². The maximum Gasteiger partial charge on any atom is 0.196 e. The van der Waals surface area contributed by atoms with Crippen molar-refractivity contribution in [2.75, 3.05) is 11.9 Å². The van der Waals surface area contributed by atoms with Gasteiger partial charge < -0.3 is 9.73 Å². The molecule has 2 heterocycles. The monoisotopic (exact) mass is 253 g/mol. The van der Waals surface area contributed by atoms with Crippen molar-refractivity contribution in [3.63, 3.8) is 0 Å². The van der Waals surface area contributed by atoms with Crippen molar-refractivity contribution >= 4 is 27.9 Å². The van der Waals surface area contributed by atoms with Crippen molar-refractivity contribution in [3.8, 4) is 0 Å². The Bertz CT molecular complexity index is 730. The molecule has 0 spiro atoms. The largest absolute Gasteiger partial charge is 0.450 e. The van der Waals surface area contributed by atoms with Crippen LogP contribution in [-0.2, 0) is 0 Å². The maximum absolute atomic E-state index is 5.87. The van der Waals surface area contributed by atoms with Gasteiger partial charge in [-0.3, -0.25) is 0 Å². The molecule has 4 heteroatoms. The molecule has 1 N–H and O–H groups in total. The average molecular weight is 253 g/mol. The Labute approximate surface area is 110 Å². The molecule has 0 aliphatic heterocycles.